The van der Waals surface area contributed by atoms with Crippen LogP contribution < -0.4 is 10.2 Å². The van der Waals surface area contributed by atoms with E-state index >= 15 is 0 Å². The Kier molecular flexibility index (Phi) is 4.86. The van der Waals surface area contributed by atoms with Gasteiger partial charge in [0.15, 0.2) is 0 Å². The molecule has 0 aromatic carbocycles. The van der Waals surface area contributed by atoms with Crippen LogP contribution in [-0.2, 0) is 6.54 Å². The number of nitrogens with zero attached hydrogens (tertiary/aromatic N) is 2. The van der Waals surface area contributed by atoms with Crippen molar-refractivity contribution >= 4 is 6.01 Å². The minimum absolute atomic E-state index is 0.470. The molecule has 0 spiro atoms. The summed E-state index contributed by atoms with van der Waals surface area (Å²) in [4.78, 5) is 6.79. The Morgan fingerprint density at radius 1 is 1.37 bits per heavy atom. The van der Waals surface area contributed by atoms with E-state index in [1.807, 2.05) is 0 Å². The molecule has 1 saturated carbocycles. The quantitative estimate of drug-likeness (QED) is 0.887. The molecule has 1 aromatic rings. The van der Waals surface area contributed by atoms with Gasteiger partial charge < -0.3 is 14.6 Å². The zero-order valence-corrected chi connectivity index (χ0v) is 12.6. The van der Waals surface area contributed by atoms with Crippen molar-refractivity contribution in [3.63, 3.8) is 0 Å². The summed E-state index contributed by atoms with van der Waals surface area (Å²) in [7, 11) is 2.10. The van der Waals surface area contributed by atoms with E-state index in [4.69, 9.17) is 4.42 Å². The predicted molar refractivity (Wildman–Crippen MR) is 78.3 cm³/mol. The van der Waals surface area contributed by atoms with Gasteiger partial charge in [-0.05, 0) is 31.6 Å². The molecule has 1 aliphatic rings. The summed E-state index contributed by atoms with van der Waals surface area (Å²) >= 11 is 0. The van der Waals surface area contributed by atoms with Crippen molar-refractivity contribution in [3.05, 3.63) is 12.0 Å². The van der Waals surface area contributed by atoms with Crippen LogP contribution in [0, 0.1) is 5.92 Å². The second kappa shape index (κ2) is 6.42. The molecule has 0 atom stereocenters. The van der Waals surface area contributed by atoms with Gasteiger partial charge in [0.25, 0.3) is 6.01 Å². The summed E-state index contributed by atoms with van der Waals surface area (Å²) in [5.41, 5.74) is 0.986. The molecule has 1 aliphatic carbocycles. The first kappa shape index (κ1) is 14.4. The lowest BCUT2D eigenvalue weighted by atomic mass is 9.87. The fourth-order valence-electron chi connectivity index (χ4n) is 2.63. The van der Waals surface area contributed by atoms with Gasteiger partial charge in [0.1, 0.15) is 6.26 Å². The maximum absolute atomic E-state index is 5.61. The number of oxazole rings is 1. The molecule has 19 heavy (non-hydrogen) atoms. The maximum atomic E-state index is 5.61. The molecule has 0 amide bonds. The molecule has 1 aromatic heterocycles. The number of rotatable bonds is 5. The van der Waals surface area contributed by atoms with E-state index in [1.54, 1.807) is 6.26 Å². The van der Waals surface area contributed by atoms with E-state index in [1.165, 1.54) is 25.7 Å². The normalized spacial score (nSPS) is 23.8. The van der Waals surface area contributed by atoms with E-state index in [2.05, 4.69) is 43.0 Å². The Labute approximate surface area is 116 Å². The third-order valence-corrected chi connectivity index (χ3v) is 4.07. The summed E-state index contributed by atoms with van der Waals surface area (Å²) in [6, 6.07) is 1.82. The molecule has 0 unspecified atom stereocenters. The van der Waals surface area contributed by atoms with E-state index in [0.717, 1.165) is 24.2 Å². The fourth-order valence-corrected chi connectivity index (χ4v) is 2.63. The Balaban J connectivity index is 1.90. The predicted octanol–water partition coefficient (Wildman–Crippen LogP) is 3.19. The number of nitrogens with one attached hydrogen (secondary N) is 1. The van der Waals surface area contributed by atoms with E-state index in [-0.39, 0.29) is 0 Å². The van der Waals surface area contributed by atoms with Gasteiger partial charge in [-0.2, -0.15) is 4.98 Å². The van der Waals surface area contributed by atoms with Crippen molar-refractivity contribution in [1.29, 1.82) is 0 Å². The first-order valence-corrected chi connectivity index (χ1v) is 7.47. The van der Waals surface area contributed by atoms with Crippen molar-refractivity contribution in [2.24, 2.45) is 5.92 Å². The van der Waals surface area contributed by atoms with Crippen LogP contribution in [0.5, 0.6) is 0 Å². The molecule has 1 N–H and O–H groups in total. The van der Waals surface area contributed by atoms with Gasteiger partial charge >= 0.3 is 0 Å². The van der Waals surface area contributed by atoms with Crippen LogP contribution in [0.3, 0.4) is 0 Å². The highest BCUT2D eigenvalue weighted by molar-refractivity contribution is 5.27. The van der Waals surface area contributed by atoms with Crippen LogP contribution in [0.15, 0.2) is 10.7 Å². The maximum Gasteiger partial charge on any atom is 0.297 e. The zero-order chi connectivity index (χ0) is 13.8. The van der Waals surface area contributed by atoms with E-state index in [0.29, 0.717) is 12.1 Å². The molecule has 0 saturated heterocycles. The monoisotopic (exact) mass is 265 g/mol. The molecule has 0 aliphatic heterocycles. The smallest absolute Gasteiger partial charge is 0.297 e. The van der Waals surface area contributed by atoms with Crippen LogP contribution in [0.4, 0.5) is 6.01 Å². The lowest BCUT2D eigenvalue weighted by molar-refractivity contribution is 0.332. The Hall–Kier alpha value is -1.03. The summed E-state index contributed by atoms with van der Waals surface area (Å²) < 4.78 is 5.61. The van der Waals surface area contributed by atoms with Crippen LogP contribution in [0.1, 0.15) is 52.1 Å². The van der Waals surface area contributed by atoms with E-state index in [9.17, 15) is 0 Å². The van der Waals surface area contributed by atoms with Crippen molar-refractivity contribution in [3.8, 4) is 0 Å². The fraction of sp³-hybridized carbons (Fsp3) is 0.800. The Morgan fingerprint density at radius 3 is 2.68 bits per heavy atom. The third kappa shape index (κ3) is 3.96. The zero-order valence-electron chi connectivity index (χ0n) is 12.6. The van der Waals surface area contributed by atoms with E-state index < -0.39 is 0 Å². The minimum atomic E-state index is 0.470. The molecule has 2 rings (SSSR count). The lowest BCUT2D eigenvalue weighted by Gasteiger charge is -2.32. The average Bonchev–Trinajstić information content (AvgIpc) is 2.85. The molecule has 1 heterocycles. The second-order valence-corrected chi connectivity index (χ2v) is 6.18. The number of aromatic nitrogens is 1. The molecule has 0 bridgehead atoms. The van der Waals surface area contributed by atoms with Crippen molar-refractivity contribution in [2.75, 3.05) is 11.9 Å². The minimum Gasteiger partial charge on any atom is -0.432 e. The highest BCUT2D eigenvalue weighted by Gasteiger charge is 2.24. The Morgan fingerprint density at radius 2 is 2.05 bits per heavy atom. The highest BCUT2D eigenvalue weighted by Crippen LogP contribution is 2.28. The standard InChI is InChI=1S/C15H27N3O/c1-11(2)16-9-13-10-19-15(17-13)18(4)14-7-5-12(3)6-8-14/h10-12,14,16H,5-9H2,1-4H3. The van der Waals surface area contributed by atoms with Crippen LogP contribution in [-0.4, -0.2) is 24.1 Å². The number of anilines is 1. The molecular formula is C15H27N3O. The summed E-state index contributed by atoms with van der Waals surface area (Å²) in [5.74, 6) is 0.875. The highest BCUT2D eigenvalue weighted by atomic mass is 16.4. The Bertz CT molecular complexity index is 380. The van der Waals surface area contributed by atoms with Gasteiger partial charge in [-0.1, -0.05) is 20.8 Å². The first-order valence-electron chi connectivity index (χ1n) is 7.47. The lowest BCUT2D eigenvalue weighted by Crippen LogP contribution is -2.35. The van der Waals surface area contributed by atoms with Crippen molar-refractivity contribution in [1.82, 2.24) is 10.3 Å². The molecule has 108 valence electrons. The van der Waals surface area contributed by atoms with Gasteiger partial charge in [-0.3, -0.25) is 0 Å². The first-order chi connectivity index (χ1) is 9.06. The van der Waals surface area contributed by atoms with Gasteiger partial charge in [0.2, 0.25) is 0 Å². The van der Waals surface area contributed by atoms with Crippen molar-refractivity contribution in [2.45, 2.75) is 65.1 Å². The van der Waals surface area contributed by atoms with Crippen LogP contribution in [0.2, 0.25) is 0 Å². The molecule has 0 radical (unpaired) electrons. The molecule has 4 nitrogen and oxygen atoms in total. The molecule has 1 fully saturated rings. The topological polar surface area (TPSA) is 41.3 Å². The van der Waals surface area contributed by atoms with Gasteiger partial charge in [-0.25, -0.2) is 0 Å². The van der Waals surface area contributed by atoms with Gasteiger partial charge in [-0.15, -0.1) is 0 Å². The summed E-state index contributed by atoms with van der Waals surface area (Å²) in [6.45, 7) is 7.39. The second-order valence-electron chi connectivity index (χ2n) is 6.18. The SMILES string of the molecule is CC1CCC(N(C)c2nc(CNC(C)C)co2)CC1. The van der Waals surface area contributed by atoms with Crippen LogP contribution >= 0.6 is 0 Å². The summed E-state index contributed by atoms with van der Waals surface area (Å²) in [5, 5.41) is 3.36. The van der Waals surface area contributed by atoms with Crippen molar-refractivity contribution < 1.29 is 4.42 Å². The molecule has 4 heteroatoms. The summed E-state index contributed by atoms with van der Waals surface area (Å²) in [6.07, 6.45) is 6.90. The average molecular weight is 265 g/mol. The van der Waals surface area contributed by atoms with Gasteiger partial charge in [0, 0.05) is 25.7 Å². The third-order valence-electron chi connectivity index (χ3n) is 4.07. The number of hydrogen-bond acceptors (Lipinski definition) is 4. The van der Waals surface area contributed by atoms with Gasteiger partial charge in [0.05, 0.1) is 5.69 Å². The number of hydrogen-bond donors (Lipinski definition) is 1. The van der Waals surface area contributed by atoms with Crippen LogP contribution in [0.25, 0.3) is 0 Å². The molecular weight excluding hydrogens is 238 g/mol. The largest absolute Gasteiger partial charge is 0.432 e.